The lowest BCUT2D eigenvalue weighted by atomic mass is 9.80. The van der Waals surface area contributed by atoms with Crippen LogP contribution in [0, 0.1) is 35.0 Å². The van der Waals surface area contributed by atoms with Gasteiger partial charge in [0.25, 0.3) is 0 Å². The SMILES string of the molecule is CC(=O)OC1[C@H](OC(=O)C(C)C)/C(C)=C/[C@@]23O[C@@]2(C[C@@H](C)[C@@H]3OC(C)=O)C(=O)[C@H](C)[C@H](OC(C)=O)[C@@H]2[C@H]1C2(C)C. The molecule has 10 nitrogen and oxygen atoms in total. The number of ketones is 1. The maximum atomic E-state index is 14.3. The van der Waals surface area contributed by atoms with Crippen molar-refractivity contribution >= 4 is 29.7 Å². The molecule has 0 bridgehead atoms. The van der Waals surface area contributed by atoms with E-state index in [0.717, 1.165) is 0 Å². The van der Waals surface area contributed by atoms with E-state index in [2.05, 4.69) is 0 Å². The molecular formula is C30H42O10. The van der Waals surface area contributed by atoms with Gasteiger partial charge in [0.2, 0.25) is 0 Å². The minimum Gasteiger partial charge on any atom is -0.461 e. The number of esters is 4. The summed E-state index contributed by atoms with van der Waals surface area (Å²) in [5, 5.41) is 0. The van der Waals surface area contributed by atoms with Crippen LogP contribution in [0.4, 0.5) is 0 Å². The Balaban J connectivity index is 1.95. The number of epoxide rings is 1. The molecule has 1 saturated heterocycles. The highest BCUT2D eigenvalue weighted by Gasteiger charge is 2.84. The van der Waals surface area contributed by atoms with Gasteiger partial charge in [-0.05, 0) is 36.3 Å². The van der Waals surface area contributed by atoms with Crippen molar-refractivity contribution in [2.24, 2.45) is 35.0 Å². The second-order valence-electron chi connectivity index (χ2n) is 13.0. The molecular weight excluding hydrogens is 520 g/mol. The average molecular weight is 563 g/mol. The quantitative estimate of drug-likeness (QED) is 0.212. The van der Waals surface area contributed by atoms with Gasteiger partial charge in [0, 0.05) is 32.6 Å². The first-order valence-corrected chi connectivity index (χ1v) is 14.1. The highest BCUT2D eigenvalue weighted by atomic mass is 16.7. The summed E-state index contributed by atoms with van der Waals surface area (Å²) in [6.07, 6.45) is -1.54. The Morgan fingerprint density at radius 1 is 0.900 bits per heavy atom. The lowest BCUT2D eigenvalue weighted by Gasteiger charge is -2.31. The van der Waals surface area contributed by atoms with Crippen molar-refractivity contribution in [3.63, 3.8) is 0 Å². The van der Waals surface area contributed by atoms with E-state index in [4.69, 9.17) is 23.7 Å². The van der Waals surface area contributed by atoms with Crippen LogP contribution in [0.25, 0.3) is 0 Å². The van der Waals surface area contributed by atoms with Gasteiger partial charge in [-0.1, -0.05) is 41.5 Å². The van der Waals surface area contributed by atoms with E-state index < -0.39 is 82.7 Å². The van der Waals surface area contributed by atoms with Gasteiger partial charge in [-0.15, -0.1) is 0 Å². The Kier molecular flexibility index (Phi) is 7.52. The zero-order chi connectivity index (χ0) is 30.1. The van der Waals surface area contributed by atoms with Gasteiger partial charge < -0.3 is 23.7 Å². The Bertz CT molecular complexity index is 1150. The number of fused-ring (bicyclic) bond motifs is 1. The molecule has 1 aliphatic heterocycles. The highest BCUT2D eigenvalue weighted by molar-refractivity contribution is 5.96. The van der Waals surface area contributed by atoms with Gasteiger partial charge in [-0.25, -0.2) is 0 Å². The standard InChI is InChI=1S/C30H42O10/c1-13(2)27(35)39-22-14(3)11-30-26(38-19(8)33)15(4)12-29(30,40-30)25(34)16(5)23(36-17(6)31)20-21(28(20,9)10)24(22)37-18(7)32/h11,13,15-16,20-24,26H,12H2,1-10H3/b14-11+/t15-,16-,20+,21-,22-,23+,24?,26+,29+,30+/m1/s1. The zero-order valence-electron chi connectivity index (χ0n) is 25.1. The normalized spacial score (nSPS) is 42.6. The van der Waals surface area contributed by atoms with Gasteiger partial charge in [0.1, 0.15) is 18.3 Å². The van der Waals surface area contributed by atoms with E-state index in [-0.39, 0.29) is 17.6 Å². The molecule has 10 atom stereocenters. The van der Waals surface area contributed by atoms with Crippen molar-refractivity contribution in [3.05, 3.63) is 11.6 Å². The summed E-state index contributed by atoms with van der Waals surface area (Å²) in [4.78, 5) is 64.1. The van der Waals surface area contributed by atoms with Crippen molar-refractivity contribution in [2.45, 2.75) is 111 Å². The number of rotatable bonds is 5. The van der Waals surface area contributed by atoms with E-state index in [1.54, 1.807) is 33.8 Å². The molecule has 0 amide bonds. The minimum absolute atomic E-state index is 0.223. The fourth-order valence-corrected chi connectivity index (χ4v) is 7.47. The maximum absolute atomic E-state index is 14.3. The van der Waals surface area contributed by atoms with E-state index in [1.165, 1.54) is 20.8 Å². The first-order chi connectivity index (χ1) is 18.4. The van der Waals surface area contributed by atoms with Gasteiger partial charge in [-0.2, -0.15) is 0 Å². The largest absolute Gasteiger partial charge is 0.461 e. The summed E-state index contributed by atoms with van der Waals surface area (Å²) >= 11 is 0. The predicted octanol–water partition coefficient (Wildman–Crippen LogP) is 3.33. The third-order valence-electron chi connectivity index (χ3n) is 9.29. The van der Waals surface area contributed by atoms with Crippen LogP contribution in [-0.2, 0) is 47.7 Å². The van der Waals surface area contributed by atoms with Crippen molar-refractivity contribution < 1.29 is 47.7 Å². The summed E-state index contributed by atoms with van der Waals surface area (Å²) in [7, 11) is 0. The van der Waals surface area contributed by atoms with Crippen molar-refractivity contribution in [1.82, 2.24) is 0 Å². The highest BCUT2D eigenvalue weighted by Crippen LogP contribution is 2.68. The van der Waals surface area contributed by atoms with E-state index >= 15 is 0 Å². The summed E-state index contributed by atoms with van der Waals surface area (Å²) in [5.41, 5.74) is -2.63. The molecule has 0 radical (unpaired) electrons. The van der Waals surface area contributed by atoms with E-state index in [1.807, 2.05) is 20.8 Å². The van der Waals surface area contributed by atoms with Crippen molar-refractivity contribution in [3.8, 4) is 0 Å². The lowest BCUT2D eigenvalue weighted by molar-refractivity contribution is -0.169. The topological polar surface area (TPSA) is 135 Å². The van der Waals surface area contributed by atoms with Gasteiger partial charge in [0.05, 0.1) is 11.8 Å². The molecule has 10 heteroatoms. The van der Waals surface area contributed by atoms with Gasteiger partial charge >= 0.3 is 23.9 Å². The monoisotopic (exact) mass is 562 g/mol. The van der Waals surface area contributed by atoms with Crippen LogP contribution < -0.4 is 0 Å². The molecule has 4 aliphatic rings. The Morgan fingerprint density at radius 3 is 1.95 bits per heavy atom. The number of carbonyl (C=O) groups excluding carboxylic acids is 5. The molecule has 4 rings (SSSR count). The smallest absolute Gasteiger partial charge is 0.309 e. The predicted molar refractivity (Wildman–Crippen MR) is 140 cm³/mol. The second kappa shape index (κ2) is 9.96. The molecule has 222 valence electrons. The van der Waals surface area contributed by atoms with E-state index in [0.29, 0.717) is 12.0 Å². The molecule has 0 spiro atoms. The first kappa shape index (κ1) is 30.2. The average Bonchev–Trinajstić information content (AvgIpc) is 3.61. The molecule has 40 heavy (non-hydrogen) atoms. The van der Waals surface area contributed by atoms with Crippen LogP contribution in [0.15, 0.2) is 11.6 Å². The van der Waals surface area contributed by atoms with Crippen molar-refractivity contribution in [1.29, 1.82) is 0 Å². The van der Waals surface area contributed by atoms with Crippen LogP contribution in [0.2, 0.25) is 0 Å². The summed E-state index contributed by atoms with van der Waals surface area (Å²) in [6, 6.07) is 0. The molecule has 1 heterocycles. The number of carbonyl (C=O) groups is 5. The number of hydrogen-bond acceptors (Lipinski definition) is 10. The third kappa shape index (κ3) is 4.65. The third-order valence-corrected chi connectivity index (χ3v) is 9.29. The Hall–Kier alpha value is -2.75. The van der Waals surface area contributed by atoms with Crippen LogP contribution >= 0.6 is 0 Å². The summed E-state index contributed by atoms with van der Waals surface area (Å²) in [6.45, 7) is 16.6. The molecule has 3 aliphatic carbocycles. The molecule has 0 aromatic rings. The van der Waals surface area contributed by atoms with Crippen LogP contribution in [-0.4, -0.2) is 65.3 Å². The molecule has 2 saturated carbocycles. The van der Waals surface area contributed by atoms with Crippen LogP contribution in [0.3, 0.4) is 0 Å². The molecule has 0 aromatic carbocycles. The lowest BCUT2D eigenvalue weighted by Crippen LogP contribution is -2.43. The minimum atomic E-state index is -1.31. The van der Waals surface area contributed by atoms with Crippen LogP contribution in [0.1, 0.15) is 75.7 Å². The fraction of sp³-hybridized carbons (Fsp3) is 0.767. The molecule has 0 aromatic heterocycles. The van der Waals surface area contributed by atoms with Crippen molar-refractivity contribution in [2.75, 3.05) is 0 Å². The summed E-state index contributed by atoms with van der Waals surface area (Å²) < 4.78 is 29.8. The van der Waals surface area contributed by atoms with E-state index in [9.17, 15) is 24.0 Å². The van der Waals surface area contributed by atoms with Crippen LogP contribution in [0.5, 0.6) is 0 Å². The first-order valence-electron chi connectivity index (χ1n) is 14.1. The Morgan fingerprint density at radius 2 is 1.43 bits per heavy atom. The number of ether oxygens (including phenoxy) is 5. The Labute approximate surface area is 235 Å². The zero-order valence-corrected chi connectivity index (χ0v) is 25.1. The number of hydrogen-bond donors (Lipinski definition) is 0. The summed E-state index contributed by atoms with van der Waals surface area (Å²) in [5.74, 6) is -4.57. The molecule has 1 unspecified atom stereocenters. The number of Topliss-reactive ketones (excluding diaryl/α,β-unsaturated/α-hetero) is 1. The molecule has 0 N–H and O–H groups in total. The maximum Gasteiger partial charge on any atom is 0.309 e. The van der Waals surface area contributed by atoms with Gasteiger partial charge in [-0.3, -0.25) is 24.0 Å². The second-order valence-corrected chi connectivity index (χ2v) is 13.0. The fourth-order valence-electron chi connectivity index (χ4n) is 7.47. The van der Waals surface area contributed by atoms with Gasteiger partial charge in [0.15, 0.2) is 23.1 Å². The molecule has 3 fully saturated rings.